The van der Waals surface area contributed by atoms with Crippen molar-refractivity contribution in [2.24, 2.45) is 0 Å². The van der Waals surface area contributed by atoms with Gasteiger partial charge in [-0.15, -0.1) is 0 Å². The van der Waals surface area contributed by atoms with Crippen LogP contribution in [0.3, 0.4) is 0 Å². The van der Waals surface area contributed by atoms with E-state index >= 15 is 0 Å². The first-order valence-electron chi connectivity index (χ1n) is 7.99. The van der Waals surface area contributed by atoms with E-state index in [-0.39, 0.29) is 36.9 Å². The molecule has 2 aromatic rings. The number of sulfonamides is 1. The molecule has 2 aromatic carbocycles. The summed E-state index contributed by atoms with van der Waals surface area (Å²) in [6, 6.07) is 11.4. The number of carboxylic acids is 1. The first-order valence-corrected chi connectivity index (χ1v) is 10.6. The van der Waals surface area contributed by atoms with Crippen LogP contribution in [-0.4, -0.2) is 35.0 Å². The summed E-state index contributed by atoms with van der Waals surface area (Å²) < 4.78 is 27.5. The normalized spacial score (nSPS) is 17.5. The van der Waals surface area contributed by atoms with E-state index in [2.05, 4.69) is 5.32 Å². The van der Waals surface area contributed by atoms with Crippen LogP contribution in [0.2, 0.25) is 10.0 Å². The van der Waals surface area contributed by atoms with Crippen LogP contribution < -0.4 is 5.32 Å². The fourth-order valence-electron chi connectivity index (χ4n) is 2.89. The maximum atomic E-state index is 13.3. The Morgan fingerprint density at radius 3 is 2.39 bits per heavy atom. The summed E-state index contributed by atoms with van der Waals surface area (Å²) in [5.74, 6) is -1.30. The number of thiocarbonyl (C=S) groups is 1. The molecule has 0 bridgehead atoms. The maximum absolute atomic E-state index is 13.3. The van der Waals surface area contributed by atoms with E-state index in [0.29, 0.717) is 0 Å². The first kappa shape index (κ1) is 20.6. The number of benzene rings is 2. The van der Waals surface area contributed by atoms with E-state index in [0.717, 1.165) is 4.31 Å². The molecule has 10 heteroatoms. The van der Waals surface area contributed by atoms with Crippen LogP contribution in [-0.2, 0) is 14.8 Å². The lowest BCUT2D eigenvalue weighted by atomic mass is 9.99. The summed E-state index contributed by atoms with van der Waals surface area (Å²) >= 11 is 17.7. The molecule has 1 atom stereocenters. The molecule has 0 fully saturated rings. The van der Waals surface area contributed by atoms with Gasteiger partial charge < -0.3 is 10.4 Å². The summed E-state index contributed by atoms with van der Waals surface area (Å²) in [4.78, 5) is 12.0. The second kappa shape index (κ2) is 7.71. The standard InChI is InChI=1S/C18H14Cl2N2O4S2/c1-10-14(17(23)24)16(12-8-5-9-13(19)15(12)20)22(18(27)21-10)28(25,26)11-6-3-2-4-7-11/h2-10H,1H3,(H,21,27)(H,23,24). The number of nitrogens with one attached hydrogen (secondary N) is 1. The molecule has 0 aromatic heterocycles. The zero-order chi connectivity index (χ0) is 20.6. The minimum Gasteiger partial charge on any atom is -0.478 e. The predicted octanol–water partition coefficient (Wildman–Crippen LogP) is 3.76. The van der Waals surface area contributed by atoms with Gasteiger partial charge in [0.25, 0.3) is 10.0 Å². The van der Waals surface area contributed by atoms with Gasteiger partial charge in [-0.1, -0.05) is 53.5 Å². The van der Waals surface area contributed by atoms with Crippen molar-refractivity contribution in [3.05, 3.63) is 69.7 Å². The average Bonchev–Trinajstić information content (AvgIpc) is 2.63. The van der Waals surface area contributed by atoms with Crippen molar-refractivity contribution in [1.82, 2.24) is 9.62 Å². The van der Waals surface area contributed by atoms with Gasteiger partial charge in [-0.05, 0) is 37.3 Å². The van der Waals surface area contributed by atoms with Gasteiger partial charge in [-0.25, -0.2) is 17.5 Å². The highest BCUT2D eigenvalue weighted by molar-refractivity contribution is 7.91. The van der Waals surface area contributed by atoms with Gasteiger partial charge in [0.2, 0.25) is 0 Å². The third kappa shape index (κ3) is 3.48. The van der Waals surface area contributed by atoms with Gasteiger partial charge in [0.15, 0.2) is 5.11 Å². The van der Waals surface area contributed by atoms with Gasteiger partial charge in [-0.3, -0.25) is 0 Å². The Labute approximate surface area is 177 Å². The summed E-state index contributed by atoms with van der Waals surface area (Å²) in [5.41, 5.74) is -0.181. The largest absolute Gasteiger partial charge is 0.478 e. The quantitative estimate of drug-likeness (QED) is 0.681. The topological polar surface area (TPSA) is 86.7 Å². The van der Waals surface area contributed by atoms with Crippen molar-refractivity contribution in [2.75, 3.05) is 0 Å². The van der Waals surface area contributed by atoms with Crippen molar-refractivity contribution >= 4 is 62.2 Å². The van der Waals surface area contributed by atoms with Crippen LogP contribution in [0, 0.1) is 0 Å². The van der Waals surface area contributed by atoms with Crippen LogP contribution in [0.15, 0.2) is 59.0 Å². The number of carboxylic acid groups (broad SMARTS) is 1. The number of hydrogen-bond donors (Lipinski definition) is 2. The molecule has 3 rings (SSSR count). The van der Waals surface area contributed by atoms with E-state index < -0.39 is 22.0 Å². The van der Waals surface area contributed by atoms with Crippen molar-refractivity contribution in [2.45, 2.75) is 17.9 Å². The summed E-state index contributed by atoms with van der Waals surface area (Å²) in [7, 11) is -4.22. The summed E-state index contributed by atoms with van der Waals surface area (Å²) in [6.07, 6.45) is 0. The van der Waals surface area contributed by atoms with E-state index in [1.165, 1.54) is 24.3 Å². The SMILES string of the molecule is CC1NC(=S)N(S(=O)(=O)c2ccccc2)C(c2cccc(Cl)c2Cl)=C1C(=O)O. The molecule has 0 radical (unpaired) electrons. The Morgan fingerprint density at radius 1 is 1.14 bits per heavy atom. The number of rotatable bonds is 4. The Balaban J connectivity index is 2.38. The van der Waals surface area contributed by atoms with Crippen LogP contribution in [0.1, 0.15) is 12.5 Å². The van der Waals surface area contributed by atoms with Crippen molar-refractivity contribution in [3.63, 3.8) is 0 Å². The third-order valence-electron chi connectivity index (χ3n) is 4.13. The Morgan fingerprint density at radius 2 is 1.79 bits per heavy atom. The molecule has 6 nitrogen and oxygen atoms in total. The van der Waals surface area contributed by atoms with Crippen LogP contribution in [0.4, 0.5) is 0 Å². The van der Waals surface area contributed by atoms with Crippen LogP contribution in [0.5, 0.6) is 0 Å². The van der Waals surface area contributed by atoms with E-state index in [9.17, 15) is 18.3 Å². The molecule has 1 aliphatic rings. The number of hydrogen-bond acceptors (Lipinski definition) is 4. The van der Waals surface area contributed by atoms with Gasteiger partial charge in [-0.2, -0.15) is 0 Å². The number of halogens is 2. The lowest BCUT2D eigenvalue weighted by Crippen LogP contribution is -2.52. The molecular formula is C18H14Cl2N2O4S2. The molecule has 1 unspecified atom stereocenters. The minimum atomic E-state index is -4.22. The lowest BCUT2D eigenvalue weighted by Gasteiger charge is -2.36. The van der Waals surface area contributed by atoms with E-state index in [4.69, 9.17) is 35.4 Å². The summed E-state index contributed by atoms with van der Waals surface area (Å²) in [6.45, 7) is 1.57. The van der Waals surface area contributed by atoms with Crippen molar-refractivity contribution in [1.29, 1.82) is 0 Å². The zero-order valence-corrected chi connectivity index (χ0v) is 17.5. The second-order valence-corrected chi connectivity index (χ2v) is 8.88. The smallest absolute Gasteiger partial charge is 0.335 e. The van der Waals surface area contributed by atoms with Crippen LogP contribution >= 0.6 is 35.4 Å². The zero-order valence-electron chi connectivity index (χ0n) is 14.4. The number of carbonyl (C=O) groups is 1. The van der Waals surface area contributed by atoms with Crippen molar-refractivity contribution in [3.8, 4) is 0 Å². The highest BCUT2D eigenvalue weighted by Crippen LogP contribution is 2.39. The Hall–Kier alpha value is -2.13. The highest BCUT2D eigenvalue weighted by atomic mass is 35.5. The molecule has 0 saturated heterocycles. The van der Waals surface area contributed by atoms with E-state index in [1.807, 2.05) is 0 Å². The molecule has 0 aliphatic carbocycles. The fourth-order valence-corrected chi connectivity index (χ4v) is 5.26. The molecule has 146 valence electrons. The van der Waals surface area contributed by atoms with E-state index in [1.54, 1.807) is 31.2 Å². The molecule has 1 aliphatic heterocycles. The molecular weight excluding hydrogens is 443 g/mol. The van der Waals surface area contributed by atoms with Gasteiger partial charge in [0.05, 0.1) is 32.3 Å². The molecule has 0 amide bonds. The minimum absolute atomic E-state index is 0.0306. The van der Waals surface area contributed by atoms with Crippen LogP contribution in [0.25, 0.3) is 5.70 Å². The third-order valence-corrected chi connectivity index (χ3v) is 7.08. The molecule has 1 heterocycles. The highest BCUT2D eigenvalue weighted by Gasteiger charge is 2.41. The van der Waals surface area contributed by atoms with Gasteiger partial charge in [0, 0.05) is 5.56 Å². The molecule has 0 saturated carbocycles. The fraction of sp³-hybridized carbons (Fsp3) is 0.111. The second-order valence-electron chi connectivity index (χ2n) is 5.92. The van der Waals surface area contributed by atoms with Crippen molar-refractivity contribution < 1.29 is 18.3 Å². The predicted molar refractivity (Wildman–Crippen MR) is 112 cm³/mol. The summed E-state index contributed by atoms with van der Waals surface area (Å²) in [5, 5.41) is 12.6. The number of nitrogens with zero attached hydrogens (tertiary/aromatic N) is 1. The maximum Gasteiger partial charge on any atom is 0.335 e. The molecule has 28 heavy (non-hydrogen) atoms. The van der Waals surface area contributed by atoms with Gasteiger partial charge in [0.1, 0.15) is 0 Å². The monoisotopic (exact) mass is 456 g/mol. The Kier molecular flexibility index (Phi) is 5.67. The Bertz CT molecular complexity index is 1100. The number of aliphatic carboxylic acids is 1. The first-order chi connectivity index (χ1) is 13.2. The molecule has 0 spiro atoms. The average molecular weight is 457 g/mol. The van der Waals surface area contributed by atoms with Gasteiger partial charge >= 0.3 is 5.97 Å². The molecule has 2 N–H and O–H groups in total. The lowest BCUT2D eigenvalue weighted by molar-refractivity contribution is -0.132.